The van der Waals surface area contributed by atoms with Crippen LogP contribution >= 0.6 is 0 Å². The molecule has 106 valence electrons. The predicted octanol–water partition coefficient (Wildman–Crippen LogP) is 3.25. The van der Waals surface area contributed by atoms with Crippen LogP contribution in [0.25, 0.3) is 0 Å². The van der Waals surface area contributed by atoms with E-state index in [2.05, 4.69) is 28.1 Å². The minimum Gasteiger partial charge on any atom is -0.331 e. The maximum atomic E-state index is 4.66. The molecule has 1 heterocycles. The molecule has 2 aliphatic carbocycles. The van der Waals surface area contributed by atoms with Gasteiger partial charge < -0.3 is 9.88 Å². The normalized spacial score (nSPS) is 27.2. The summed E-state index contributed by atoms with van der Waals surface area (Å²) in [4.78, 5) is 4.66. The van der Waals surface area contributed by atoms with E-state index in [1.165, 1.54) is 70.0 Å². The van der Waals surface area contributed by atoms with Gasteiger partial charge in [0.25, 0.3) is 0 Å². The molecule has 1 saturated carbocycles. The van der Waals surface area contributed by atoms with E-state index in [1.807, 2.05) is 0 Å². The van der Waals surface area contributed by atoms with Gasteiger partial charge in [-0.2, -0.15) is 0 Å². The SMILES string of the molecule is CCCNC1CCCC(n2cnc3c2CCCC3)C1. The topological polar surface area (TPSA) is 29.9 Å². The summed E-state index contributed by atoms with van der Waals surface area (Å²) in [5.74, 6) is 0. The van der Waals surface area contributed by atoms with Crippen molar-refractivity contribution in [3.05, 3.63) is 17.7 Å². The largest absolute Gasteiger partial charge is 0.331 e. The van der Waals surface area contributed by atoms with Crippen LogP contribution in [-0.4, -0.2) is 22.1 Å². The number of hydrogen-bond donors (Lipinski definition) is 1. The average Bonchev–Trinajstić information content (AvgIpc) is 2.89. The van der Waals surface area contributed by atoms with Gasteiger partial charge in [0.15, 0.2) is 0 Å². The van der Waals surface area contributed by atoms with Crippen LogP contribution in [0.4, 0.5) is 0 Å². The number of hydrogen-bond acceptors (Lipinski definition) is 2. The van der Waals surface area contributed by atoms with Crippen molar-refractivity contribution < 1.29 is 0 Å². The molecule has 2 aliphatic rings. The number of aromatic nitrogens is 2. The molecule has 1 aromatic heterocycles. The van der Waals surface area contributed by atoms with E-state index in [4.69, 9.17) is 0 Å². The van der Waals surface area contributed by atoms with Gasteiger partial charge in [0, 0.05) is 17.8 Å². The molecule has 1 fully saturated rings. The van der Waals surface area contributed by atoms with Crippen LogP contribution in [0.2, 0.25) is 0 Å². The van der Waals surface area contributed by atoms with Gasteiger partial charge >= 0.3 is 0 Å². The molecule has 3 rings (SSSR count). The molecular weight excluding hydrogens is 234 g/mol. The van der Waals surface area contributed by atoms with Gasteiger partial charge in [0.1, 0.15) is 0 Å². The Kier molecular flexibility index (Phi) is 4.21. The number of imidazole rings is 1. The quantitative estimate of drug-likeness (QED) is 0.901. The summed E-state index contributed by atoms with van der Waals surface area (Å²) in [7, 11) is 0. The lowest BCUT2D eigenvalue weighted by Gasteiger charge is -2.32. The second-order valence-corrected chi connectivity index (χ2v) is 6.22. The number of nitrogens with zero attached hydrogens (tertiary/aromatic N) is 2. The Hall–Kier alpha value is -0.830. The zero-order chi connectivity index (χ0) is 13.1. The van der Waals surface area contributed by atoms with Crippen molar-refractivity contribution in [1.82, 2.24) is 14.9 Å². The summed E-state index contributed by atoms with van der Waals surface area (Å²) in [6, 6.07) is 1.41. The van der Waals surface area contributed by atoms with Crippen LogP contribution in [0.15, 0.2) is 6.33 Å². The standard InChI is InChI=1S/C16H27N3/c1-2-10-17-13-6-5-7-14(11-13)19-12-18-15-8-3-4-9-16(15)19/h12-14,17H,2-11H2,1H3. The molecule has 1 N–H and O–H groups in total. The van der Waals surface area contributed by atoms with Crippen molar-refractivity contribution in [2.45, 2.75) is 76.8 Å². The highest BCUT2D eigenvalue weighted by Crippen LogP contribution is 2.32. The van der Waals surface area contributed by atoms with E-state index in [0.29, 0.717) is 6.04 Å². The highest BCUT2D eigenvalue weighted by molar-refractivity contribution is 5.17. The van der Waals surface area contributed by atoms with E-state index in [1.54, 1.807) is 5.69 Å². The van der Waals surface area contributed by atoms with Gasteiger partial charge in [0.2, 0.25) is 0 Å². The van der Waals surface area contributed by atoms with Gasteiger partial charge in [0.05, 0.1) is 12.0 Å². The first-order valence-corrected chi connectivity index (χ1v) is 8.16. The highest BCUT2D eigenvalue weighted by atomic mass is 15.1. The van der Waals surface area contributed by atoms with Crippen molar-refractivity contribution in [2.75, 3.05) is 6.54 Å². The zero-order valence-corrected chi connectivity index (χ0v) is 12.2. The molecule has 2 unspecified atom stereocenters. The fraction of sp³-hybridized carbons (Fsp3) is 0.812. The summed E-state index contributed by atoms with van der Waals surface area (Å²) in [6.45, 7) is 3.42. The Balaban J connectivity index is 1.69. The van der Waals surface area contributed by atoms with E-state index in [0.717, 1.165) is 6.04 Å². The lowest BCUT2D eigenvalue weighted by molar-refractivity contribution is 0.280. The molecule has 19 heavy (non-hydrogen) atoms. The molecular formula is C16H27N3. The maximum absolute atomic E-state index is 4.66. The van der Waals surface area contributed by atoms with Crippen molar-refractivity contribution in [1.29, 1.82) is 0 Å². The molecule has 0 saturated heterocycles. The number of aryl methyl sites for hydroxylation is 1. The fourth-order valence-electron chi connectivity index (χ4n) is 3.76. The third kappa shape index (κ3) is 2.86. The van der Waals surface area contributed by atoms with E-state index in [9.17, 15) is 0 Å². The first-order valence-electron chi connectivity index (χ1n) is 8.16. The van der Waals surface area contributed by atoms with Crippen LogP contribution in [-0.2, 0) is 12.8 Å². The molecule has 2 atom stereocenters. The Bertz CT molecular complexity index is 410. The summed E-state index contributed by atoms with van der Waals surface area (Å²) in [5.41, 5.74) is 2.93. The highest BCUT2D eigenvalue weighted by Gasteiger charge is 2.26. The first kappa shape index (κ1) is 13.2. The maximum Gasteiger partial charge on any atom is 0.0954 e. The van der Waals surface area contributed by atoms with Crippen LogP contribution in [0.3, 0.4) is 0 Å². The second kappa shape index (κ2) is 6.08. The molecule has 0 radical (unpaired) electrons. The lowest BCUT2D eigenvalue weighted by atomic mass is 9.90. The van der Waals surface area contributed by atoms with Crippen LogP contribution in [0.5, 0.6) is 0 Å². The molecule has 3 nitrogen and oxygen atoms in total. The third-order valence-corrected chi connectivity index (χ3v) is 4.78. The fourth-order valence-corrected chi connectivity index (χ4v) is 3.76. The van der Waals surface area contributed by atoms with Crippen molar-refractivity contribution in [3.8, 4) is 0 Å². The minimum atomic E-state index is 0.692. The summed E-state index contributed by atoms with van der Waals surface area (Å²) < 4.78 is 2.52. The van der Waals surface area contributed by atoms with E-state index in [-0.39, 0.29) is 0 Å². The number of fused-ring (bicyclic) bond motifs is 1. The second-order valence-electron chi connectivity index (χ2n) is 6.22. The summed E-state index contributed by atoms with van der Waals surface area (Å²) in [6.07, 6.45) is 13.8. The summed E-state index contributed by atoms with van der Waals surface area (Å²) in [5, 5.41) is 3.71. The lowest BCUT2D eigenvalue weighted by Crippen LogP contribution is -2.35. The Morgan fingerprint density at radius 1 is 1.26 bits per heavy atom. The Morgan fingerprint density at radius 2 is 2.16 bits per heavy atom. The van der Waals surface area contributed by atoms with Crippen LogP contribution < -0.4 is 5.32 Å². The van der Waals surface area contributed by atoms with Crippen LogP contribution in [0, 0.1) is 0 Å². The predicted molar refractivity (Wildman–Crippen MR) is 78.5 cm³/mol. The van der Waals surface area contributed by atoms with Gasteiger partial charge in [-0.3, -0.25) is 0 Å². The minimum absolute atomic E-state index is 0.692. The van der Waals surface area contributed by atoms with E-state index < -0.39 is 0 Å². The number of nitrogens with one attached hydrogen (secondary N) is 1. The molecule has 0 bridgehead atoms. The molecule has 0 spiro atoms. The monoisotopic (exact) mass is 261 g/mol. The molecule has 0 aromatic carbocycles. The van der Waals surface area contributed by atoms with E-state index >= 15 is 0 Å². The van der Waals surface area contributed by atoms with Gasteiger partial charge in [-0.25, -0.2) is 4.98 Å². The van der Waals surface area contributed by atoms with Gasteiger partial charge in [-0.1, -0.05) is 6.92 Å². The van der Waals surface area contributed by atoms with Gasteiger partial charge in [-0.15, -0.1) is 0 Å². The zero-order valence-electron chi connectivity index (χ0n) is 12.2. The average molecular weight is 261 g/mol. The number of rotatable bonds is 4. The molecule has 0 amide bonds. The Labute approximate surface area is 116 Å². The van der Waals surface area contributed by atoms with Gasteiger partial charge in [-0.05, 0) is 64.3 Å². The molecule has 1 aromatic rings. The van der Waals surface area contributed by atoms with Crippen molar-refractivity contribution >= 4 is 0 Å². The molecule has 0 aliphatic heterocycles. The smallest absolute Gasteiger partial charge is 0.0954 e. The first-order chi connectivity index (χ1) is 9.38. The van der Waals surface area contributed by atoms with Crippen molar-refractivity contribution in [2.24, 2.45) is 0 Å². The van der Waals surface area contributed by atoms with Crippen LogP contribution in [0.1, 0.15) is 69.3 Å². The Morgan fingerprint density at radius 3 is 3.05 bits per heavy atom. The third-order valence-electron chi connectivity index (χ3n) is 4.78. The molecule has 3 heteroatoms. The van der Waals surface area contributed by atoms with Crippen molar-refractivity contribution in [3.63, 3.8) is 0 Å². The summed E-state index contributed by atoms with van der Waals surface area (Å²) >= 11 is 0.